The summed E-state index contributed by atoms with van der Waals surface area (Å²) in [6.07, 6.45) is 1.70. The lowest BCUT2D eigenvalue weighted by Gasteiger charge is -2.29. The van der Waals surface area contributed by atoms with E-state index in [0.29, 0.717) is 6.54 Å². The Morgan fingerprint density at radius 1 is 1.58 bits per heavy atom. The number of likely N-dealkylation sites (tertiary alicyclic amines) is 1. The fourth-order valence-electron chi connectivity index (χ4n) is 2.21. The smallest absolute Gasteiger partial charge is 0.347 e. The van der Waals surface area contributed by atoms with Gasteiger partial charge in [-0.2, -0.15) is 0 Å². The van der Waals surface area contributed by atoms with Crippen molar-refractivity contribution in [3.8, 4) is 0 Å². The molecule has 1 saturated heterocycles. The first kappa shape index (κ1) is 14.4. The summed E-state index contributed by atoms with van der Waals surface area (Å²) in [5.41, 5.74) is 0. The maximum absolute atomic E-state index is 12.2. The fourth-order valence-corrected chi connectivity index (χ4v) is 4.73. The summed E-state index contributed by atoms with van der Waals surface area (Å²) < 4.78 is 27.0. The Morgan fingerprint density at radius 2 is 2.32 bits per heavy atom. The van der Waals surface area contributed by atoms with Crippen molar-refractivity contribution in [1.29, 1.82) is 0 Å². The molecule has 2 heterocycles. The normalized spacial score (nSPS) is 21.4. The number of nitrogens with one attached hydrogen (secondary N) is 1. The maximum Gasteiger partial charge on any atom is 0.347 e. The second-order valence-electron chi connectivity index (χ2n) is 4.64. The third kappa shape index (κ3) is 3.33. The van der Waals surface area contributed by atoms with E-state index < -0.39 is 16.0 Å². The topological polar surface area (TPSA) is 86.7 Å². The molecule has 0 bridgehead atoms. The van der Waals surface area contributed by atoms with Crippen molar-refractivity contribution in [3.63, 3.8) is 0 Å². The van der Waals surface area contributed by atoms with Gasteiger partial charge in [-0.1, -0.05) is 0 Å². The monoisotopic (exact) mass is 304 g/mol. The van der Waals surface area contributed by atoms with Gasteiger partial charge in [0, 0.05) is 12.6 Å². The minimum Gasteiger partial charge on any atom is -0.477 e. The molecule has 0 aliphatic carbocycles. The quantitative estimate of drug-likeness (QED) is 0.860. The molecule has 0 aromatic carbocycles. The average Bonchev–Trinajstić information content (AvgIpc) is 2.77. The van der Waals surface area contributed by atoms with E-state index >= 15 is 0 Å². The lowest BCUT2D eigenvalue weighted by molar-refractivity contribution is 0.0698. The van der Waals surface area contributed by atoms with Crippen LogP contribution in [0.3, 0.4) is 0 Å². The van der Waals surface area contributed by atoms with E-state index in [0.717, 1.165) is 30.7 Å². The molecule has 1 fully saturated rings. The van der Waals surface area contributed by atoms with Crippen molar-refractivity contribution in [2.75, 3.05) is 20.1 Å². The Labute approximate surface area is 116 Å². The zero-order valence-corrected chi connectivity index (χ0v) is 12.1. The molecule has 19 heavy (non-hydrogen) atoms. The number of carboxylic acids is 1. The van der Waals surface area contributed by atoms with Crippen molar-refractivity contribution in [3.05, 3.63) is 16.3 Å². The minimum atomic E-state index is -3.76. The molecule has 6 nitrogen and oxygen atoms in total. The molecule has 0 amide bonds. The van der Waals surface area contributed by atoms with Gasteiger partial charge < -0.3 is 10.0 Å². The van der Waals surface area contributed by atoms with Crippen LogP contribution >= 0.6 is 11.3 Å². The summed E-state index contributed by atoms with van der Waals surface area (Å²) in [7, 11) is -1.82. The number of hydrogen-bond acceptors (Lipinski definition) is 5. The second-order valence-corrected chi connectivity index (χ2v) is 7.24. The summed E-state index contributed by atoms with van der Waals surface area (Å²) in [5, 5.41) is 10.5. The number of carboxylic acid groups (broad SMARTS) is 1. The second kappa shape index (κ2) is 5.58. The SMILES string of the molecule is CN1CCCC(NS(=O)(=O)c2ccsc2C(=O)O)C1. The Hall–Kier alpha value is -0.960. The van der Waals surface area contributed by atoms with Gasteiger partial charge >= 0.3 is 5.97 Å². The standard InChI is InChI=1S/C11H16N2O4S2/c1-13-5-2-3-8(7-13)12-19(16,17)9-4-6-18-10(9)11(14)15/h4,6,8,12H,2-3,5,7H2,1H3,(H,14,15). The predicted molar refractivity (Wildman–Crippen MR) is 72.1 cm³/mol. The molecular weight excluding hydrogens is 288 g/mol. The van der Waals surface area contributed by atoms with Gasteiger partial charge in [-0.25, -0.2) is 17.9 Å². The number of likely N-dealkylation sites (N-methyl/N-ethyl adjacent to an activating group) is 1. The van der Waals surface area contributed by atoms with E-state index in [2.05, 4.69) is 9.62 Å². The van der Waals surface area contributed by atoms with E-state index in [1.165, 1.54) is 11.4 Å². The number of carbonyl (C=O) groups is 1. The number of hydrogen-bond donors (Lipinski definition) is 2. The molecule has 1 atom stereocenters. The average molecular weight is 304 g/mol. The molecule has 106 valence electrons. The molecule has 1 aromatic rings. The summed E-state index contributed by atoms with van der Waals surface area (Å²) in [5.74, 6) is -1.21. The zero-order chi connectivity index (χ0) is 14.0. The minimum absolute atomic E-state index is 0.141. The molecule has 2 N–H and O–H groups in total. The summed E-state index contributed by atoms with van der Waals surface area (Å²) >= 11 is 0.918. The highest BCUT2D eigenvalue weighted by atomic mass is 32.2. The van der Waals surface area contributed by atoms with Crippen LogP contribution in [0.4, 0.5) is 0 Å². The molecule has 1 aliphatic rings. The van der Waals surface area contributed by atoms with E-state index in [1.807, 2.05) is 7.05 Å². The maximum atomic E-state index is 12.2. The molecule has 2 rings (SSSR count). The Morgan fingerprint density at radius 3 is 2.95 bits per heavy atom. The molecule has 1 aliphatic heterocycles. The fraction of sp³-hybridized carbons (Fsp3) is 0.545. The molecule has 0 saturated carbocycles. The first-order valence-corrected chi connectivity index (χ1v) is 8.28. The number of sulfonamides is 1. The van der Waals surface area contributed by atoms with Gasteiger partial charge in [0.05, 0.1) is 0 Å². The van der Waals surface area contributed by atoms with E-state index in [1.54, 1.807) is 0 Å². The number of aromatic carboxylic acids is 1. The van der Waals surface area contributed by atoms with Crippen LogP contribution in [0.2, 0.25) is 0 Å². The van der Waals surface area contributed by atoms with Crippen LogP contribution < -0.4 is 4.72 Å². The Balaban J connectivity index is 2.18. The highest BCUT2D eigenvalue weighted by Crippen LogP contribution is 2.22. The van der Waals surface area contributed by atoms with Crippen LogP contribution in [0, 0.1) is 0 Å². The van der Waals surface area contributed by atoms with Crippen molar-refractivity contribution in [1.82, 2.24) is 9.62 Å². The van der Waals surface area contributed by atoms with Crippen LogP contribution in [0.5, 0.6) is 0 Å². The summed E-state index contributed by atoms with van der Waals surface area (Å²) in [4.78, 5) is 12.8. The van der Waals surface area contributed by atoms with Crippen molar-refractivity contribution >= 4 is 27.3 Å². The lowest BCUT2D eigenvalue weighted by Crippen LogP contribution is -2.46. The van der Waals surface area contributed by atoms with Crippen LogP contribution in [-0.2, 0) is 10.0 Å². The number of thiophene rings is 1. The van der Waals surface area contributed by atoms with E-state index in [4.69, 9.17) is 5.11 Å². The van der Waals surface area contributed by atoms with Gasteiger partial charge in [0.1, 0.15) is 9.77 Å². The first-order chi connectivity index (χ1) is 8.90. The highest BCUT2D eigenvalue weighted by molar-refractivity contribution is 7.89. The Bertz CT molecular complexity index is 567. The summed E-state index contributed by atoms with van der Waals surface area (Å²) in [6.45, 7) is 1.60. The predicted octanol–water partition coefficient (Wildman–Crippen LogP) is 0.819. The van der Waals surface area contributed by atoms with E-state index in [9.17, 15) is 13.2 Å². The largest absolute Gasteiger partial charge is 0.477 e. The molecule has 8 heteroatoms. The van der Waals surface area contributed by atoms with Crippen LogP contribution in [0.25, 0.3) is 0 Å². The first-order valence-electron chi connectivity index (χ1n) is 5.92. The highest BCUT2D eigenvalue weighted by Gasteiger charge is 2.28. The van der Waals surface area contributed by atoms with Gasteiger partial charge in [-0.15, -0.1) is 11.3 Å². The Kier molecular flexibility index (Phi) is 4.24. The van der Waals surface area contributed by atoms with Crippen LogP contribution in [-0.4, -0.2) is 50.6 Å². The van der Waals surface area contributed by atoms with Gasteiger partial charge in [0.15, 0.2) is 0 Å². The van der Waals surface area contributed by atoms with E-state index in [-0.39, 0.29) is 15.8 Å². The number of rotatable bonds is 4. The molecule has 0 spiro atoms. The van der Waals surface area contributed by atoms with Crippen molar-refractivity contribution in [2.45, 2.75) is 23.8 Å². The molecule has 1 unspecified atom stereocenters. The van der Waals surface area contributed by atoms with Crippen molar-refractivity contribution in [2.24, 2.45) is 0 Å². The zero-order valence-electron chi connectivity index (χ0n) is 10.5. The van der Waals surface area contributed by atoms with Gasteiger partial charge in [-0.05, 0) is 37.9 Å². The molecule has 0 radical (unpaired) electrons. The third-order valence-corrected chi connectivity index (χ3v) is 5.65. The summed E-state index contributed by atoms with van der Waals surface area (Å²) in [6, 6.07) is 1.17. The number of nitrogens with zero attached hydrogens (tertiary/aromatic N) is 1. The van der Waals surface area contributed by atoms with Crippen LogP contribution in [0.15, 0.2) is 16.3 Å². The van der Waals surface area contributed by atoms with Gasteiger partial charge in [0.25, 0.3) is 0 Å². The third-order valence-electron chi connectivity index (χ3n) is 3.06. The molecular formula is C11H16N2O4S2. The lowest BCUT2D eigenvalue weighted by atomic mass is 10.1. The van der Waals surface area contributed by atoms with Crippen molar-refractivity contribution < 1.29 is 18.3 Å². The van der Waals surface area contributed by atoms with Gasteiger partial charge in [0.2, 0.25) is 10.0 Å². The number of piperidine rings is 1. The molecule has 1 aromatic heterocycles. The van der Waals surface area contributed by atoms with Gasteiger partial charge in [-0.3, -0.25) is 0 Å². The van der Waals surface area contributed by atoms with Crippen LogP contribution in [0.1, 0.15) is 22.5 Å².